The summed E-state index contributed by atoms with van der Waals surface area (Å²) in [6, 6.07) is 0. The molecule has 0 bridgehead atoms. The summed E-state index contributed by atoms with van der Waals surface area (Å²) in [4.78, 5) is 0. The van der Waals surface area contributed by atoms with Gasteiger partial charge in [-0.25, -0.2) is 0 Å². The van der Waals surface area contributed by atoms with E-state index in [-0.39, 0.29) is 0 Å². The molecule has 1 aliphatic rings. The van der Waals surface area contributed by atoms with Crippen LogP contribution in [0.25, 0.3) is 0 Å². The molecular formula is C10H17I. The third kappa shape index (κ3) is 3.14. The predicted octanol–water partition coefficient (Wildman–Crippen LogP) is 4.09. The van der Waals surface area contributed by atoms with Gasteiger partial charge in [-0.2, -0.15) is 0 Å². The van der Waals surface area contributed by atoms with Crippen LogP contribution < -0.4 is 0 Å². The number of hydrogen-bond donors (Lipinski definition) is 0. The van der Waals surface area contributed by atoms with E-state index in [1.165, 1.54) is 44.9 Å². The number of rotatable bonds is 3. The van der Waals surface area contributed by atoms with Gasteiger partial charge in [-0.1, -0.05) is 47.9 Å². The maximum atomic E-state index is 3.77. The van der Waals surface area contributed by atoms with Crippen molar-refractivity contribution in [2.24, 2.45) is 0 Å². The van der Waals surface area contributed by atoms with Gasteiger partial charge in [0.05, 0.1) is 0 Å². The Kier molecular flexibility index (Phi) is 3.90. The summed E-state index contributed by atoms with van der Waals surface area (Å²) in [6.07, 6.45) is 11.8. The van der Waals surface area contributed by atoms with Crippen LogP contribution in [-0.4, -0.2) is 3.42 Å². The summed E-state index contributed by atoms with van der Waals surface area (Å²) in [6.45, 7) is 3.77. The first-order valence-corrected chi connectivity index (χ1v) is 5.64. The lowest BCUT2D eigenvalue weighted by atomic mass is 9.86. The van der Waals surface area contributed by atoms with Gasteiger partial charge in [0.1, 0.15) is 0 Å². The second-order valence-corrected chi connectivity index (χ2v) is 5.83. The van der Waals surface area contributed by atoms with Gasteiger partial charge in [-0.3, -0.25) is 0 Å². The van der Waals surface area contributed by atoms with Crippen LogP contribution in [0.15, 0.2) is 12.7 Å². The van der Waals surface area contributed by atoms with E-state index in [1.807, 2.05) is 0 Å². The maximum Gasteiger partial charge on any atom is 0.0225 e. The average molecular weight is 264 g/mol. The Morgan fingerprint density at radius 2 is 1.91 bits per heavy atom. The van der Waals surface area contributed by atoms with E-state index in [9.17, 15) is 0 Å². The molecule has 0 radical (unpaired) electrons. The lowest BCUT2D eigenvalue weighted by Crippen LogP contribution is -2.23. The van der Waals surface area contributed by atoms with Gasteiger partial charge < -0.3 is 0 Å². The van der Waals surface area contributed by atoms with Gasteiger partial charge in [0, 0.05) is 3.42 Å². The highest BCUT2D eigenvalue weighted by molar-refractivity contribution is 14.1. The minimum atomic E-state index is 0.629. The van der Waals surface area contributed by atoms with Crippen molar-refractivity contribution in [3.05, 3.63) is 12.7 Å². The van der Waals surface area contributed by atoms with Crippen molar-refractivity contribution in [1.29, 1.82) is 0 Å². The molecule has 0 amide bonds. The molecule has 11 heavy (non-hydrogen) atoms. The first kappa shape index (κ1) is 9.56. The SMILES string of the molecule is C=CCCC1(I)CCCCC1. The summed E-state index contributed by atoms with van der Waals surface area (Å²) in [7, 11) is 0. The van der Waals surface area contributed by atoms with Gasteiger partial charge in [0.2, 0.25) is 0 Å². The smallest absolute Gasteiger partial charge is 0.0225 e. The molecular weight excluding hydrogens is 247 g/mol. The van der Waals surface area contributed by atoms with Crippen molar-refractivity contribution in [3.8, 4) is 0 Å². The summed E-state index contributed by atoms with van der Waals surface area (Å²) < 4.78 is 0.629. The first-order chi connectivity index (χ1) is 5.27. The molecule has 1 heteroatoms. The molecule has 0 heterocycles. The van der Waals surface area contributed by atoms with Crippen molar-refractivity contribution in [1.82, 2.24) is 0 Å². The number of alkyl halides is 1. The molecule has 1 aliphatic carbocycles. The van der Waals surface area contributed by atoms with Crippen molar-refractivity contribution in [2.45, 2.75) is 48.4 Å². The number of hydrogen-bond acceptors (Lipinski definition) is 0. The molecule has 0 nitrogen and oxygen atoms in total. The molecule has 0 aromatic carbocycles. The Balaban J connectivity index is 2.30. The van der Waals surface area contributed by atoms with Crippen LogP contribution in [0.1, 0.15) is 44.9 Å². The minimum absolute atomic E-state index is 0.629. The van der Waals surface area contributed by atoms with E-state index in [0.717, 1.165) is 0 Å². The molecule has 64 valence electrons. The van der Waals surface area contributed by atoms with E-state index in [2.05, 4.69) is 35.2 Å². The number of allylic oxidation sites excluding steroid dienone is 1. The van der Waals surface area contributed by atoms with Crippen LogP contribution in [0.5, 0.6) is 0 Å². The zero-order valence-corrected chi connectivity index (χ0v) is 9.27. The van der Waals surface area contributed by atoms with E-state index >= 15 is 0 Å². The lowest BCUT2D eigenvalue weighted by Gasteiger charge is -2.31. The number of halogens is 1. The zero-order valence-electron chi connectivity index (χ0n) is 7.11. The molecule has 0 atom stereocenters. The standard InChI is InChI=1S/C10H17I/c1-2-3-7-10(11)8-5-4-6-9-10/h2H,1,3-9H2. The largest absolute Gasteiger partial charge is 0.103 e. The Hall–Kier alpha value is 0.470. The van der Waals surface area contributed by atoms with Crippen LogP contribution in [0.2, 0.25) is 0 Å². The molecule has 0 unspecified atom stereocenters. The molecule has 0 aromatic heterocycles. The molecule has 1 fully saturated rings. The Morgan fingerprint density at radius 1 is 1.27 bits per heavy atom. The van der Waals surface area contributed by atoms with E-state index in [1.54, 1.807) is 0 Å². The van der Waals surface area contributed by atoms with Gasteiger partial charge >= 0.3 is 0 Å². The second-order valence-electron chi connectivity index (χ2n) is 3.54. The fourth-order valence-electron chi connectivity index (χ4n) is 1.80. The van der Waals surface area contributed by atoms with Gasteiger partial charge in [-0.15, -0.1) is 6.58 Å². The highest BCUT2D eigenvalue weighted by atomic mass is 127. The second kappa shape index (κ2) is 4.48. The average Bonchev–Trinajstić information content (AvgIpc) is 2.03. The summed E-state index contributed by atoms with van der Waals surface area (Å²) in [5, 5.41) is 0. The molecule has 0 aliphatic heterocycles. The van der Waals surface area contributed by atoms with Gasteiger partial charge in [0.15, 0.2) is 0 Å². The third-order valence-electron chi connectivity index (χ3n) is 2.55. The van der Waals surface area contributed by atoms with Gasteiger partial charge in [0.25, 0.3) is 0 Å². The van der Waals surface area contributed by atoms with Crippen LogP contribution in [0.3, 0.4) is 0 Å². The van der Waals surface area contributed by atoms with Crippen LogP contribution >= 0.6 is 22.6 Å². The molecule has 0 aromatic rings. The summed E-state index contributed by atoms with van der Waals surface area (Å²) in [5.74, 6) is 0. The van der Waals surface area contributed by atoms with Crippen LogP contribution in [0.4, 0.5) is 0 Å². The normalized spacial score (nSPS) is 23.0. The fourth-order valence-corrected chi connectivity index (χ4v) is 2.87. The Bertz CT molecular complexity index is 123. The quantitative estimate of drug-likeness (QED) is 0.409. The monoisotopic (exact) mass is 264 g/mol. The predicted molar refractivity (Wildman–Crippen MR) is 59.3 cm³/mol. The topological polar surface area (TPSA) is 0 Å². The zero-order chi connectivity index (χ0) is 8.16. The molecule has 0 spiro atoms. The summed E-state index contributed by atoms with van der Waals surface area (Å²) in [5.41, 5.74) is 0. The first-order valence-electron chi connectivity index (χ1n) is 4.57. The van der Waals surface area contributed by atoms with E-state index < -0.39 is 0 Å². The lowest BCUT2D eigenvalue weighted by molar-refractivity contribution is 0.398. The summed E-state index contributed by atoms with van der Waals surface area (Å²) >= 11 is 2.67. The molecule has 1 saturated carbocycles. The highest BCUT2D eigenvalue weighted by Gasteiger charge is 2.27. The minimum Gasteiger partial charge on any atom is -0.103 e. The van der Waals surface area contributed by atoms with Crippen molar-refractivity contribution < 1.29 is 0 Å². The third-order valence-corrected chi connectivity index (χ3v) is 4.16. The molecule has 0 N–H and O–H groups in total. The maximum absolute atomic E-state index is 3.77. The van der Waals surface area contributed by atoms with Crippen molar-refractivity contribution in [3.63, 3.8) is 0 Å². The van der Waals surface area contributed by atoms with Gasteiger partial charge in [-0.05, 0) is 25.7 Å². The van der Waals surface area contributed by atoms with E-state index in [0.29, 0.717) is 3.42 Å². The Morgan fingerprint density at radius 3 is 2.45 bits per heavy atom. The molecule has 1 rings (SSSR count). The van der Waals surface area contributed by atoms with Crippen LogP contribution in [0, 0.1) is 0 Å². The van der Waals surface area contributed by atoms with Crippen molar-refractivity contribution in [2.75, 3.05) is 0 Å². The Labute approximate surface area is 83.6 Å². The van der Waals surface area contributed by atoms with E-state index in [4.69, 9.17) is 0 Å². The fraction of sp³-hybridized carbons (Fsp3) is 0.800. The van der Waals surface area contributed by atoms with Crippen LogP contribution in [-0.2, 0) is 0 Å². The van der Waals surface area contributed by atoms with Crippen molar-refractivity contribution >= 4 is 22.6 Å². The highest BCUT2D eigenvalue weighted by Crippen LogP contribution is 2.39. The molecule has 0 saturated heterocycles.